The van der Waals surface area contributed by atoms with Gasteiger partial charge in [0.25, 0.3) is 0 Å². The molecule has 1 aromatic heterocycles. The maximum absolute atomic E-state index is 11.6. The number of aromatic nitrogens is 2. The number of carbonyl (C=O) groups is 1. The quantitative estimate of drug-likeness (QED) is 0.825. The fraction of sp³-hybridized carbons (Fsp3) is 0.438. The topological polar surface area (TPSA) is 99.4 Å². The maximum atomic E-state index is 11.6. The van der Waals surface area contributed by atoms with E-state index in [0.717, 1.165) is 0 Å². The largest absolute Gasteiger partial charge is 0.492 e. The summed E-state index contributed by atoms with van der Waals surface area (Å²) in [5, 5.41) is 3.25. The van der Waals surface area contributed by atoms with Gasteiger partial charge in [0.05, 0.1) is 29.6 Å². The number of anilines is 2. The van der Waals surface area contributed by atoms with Crippen LogP contribution in [0.3, 0.4) is 0 Å². The van der Waals surface area contributed by atoms with Crippen molar-refractivity contribution in [3.8, 4) is 11.5 Å². The third-order valence-corrected chi connectivity index (χ3v) is 4.14. The van der Waals surface area contributed by atoms with E-state index in [0.29, 0.717) is 38.4 Å². The molecule has 3 N–H and O–H groups in total. The lowest BCUT2D eigenvalue weighted by molar-refractivity contribution is -0.114. The highest BCUT2D eigenvalue weighted by atomic mass is 79.9. The molecule has 0 radical (unpaired) electrons. The third-order valence-electron chi connectivity index (χ3n) is 3.41. The zero-order valence-corrected chi connectivity index (χ0v) is 16.2. The molecule has 2 rings (SSSR count). The predicted molar refractivity (Wildman–Crippen MR) is 97.8 cm³/mol. The molecule has 7 nitrogen and oxygen atoms in total. The fourth-order valence-corrected chi connectivity index (χ4v) is 2.95. The molecular weight excluding hydrogens is 376 g/mol. The van der Waals surface area contributed by atoms with Crippen LogP contribution in [-0.4, -0.2) is 30.1 Å². The minimum Gasteiger partial charge on any atom is -0.492 e. The number of hydrogen-bond donors (Lipinski definition) is 2. The highest BCUT2D eigenvalue weighted by molar-refractivity contribution is 9.10. The van der Waals surface area contributed by atoms with Crippen molar-refractivity contribution in [2.75, 3.05) is 25.3 Å². The number of rotatable bonds is 3. The summed E-state index contributed by atoms with van der Waals surface area (Å²) in [6.45, 7) is 7.39. The fourth-order valence-electron chi connectivity index (χ4n) is 2.33. The van der Waals surface area contributed by atoms with Gasteiger partial charge in [-0.2, -0.15) is 0 Å². The lowest BCUT2D eigenvalue weighted by Gasteiger charge is -2.21. The van der Waals surface area contributed by atoms with Crippen molar-refractivity contribution >= 4 is 44.2 Å². The first-order chi connectivity index (χ1) is 11.1. The van der Waals surface area contributed by atoms with E-state index in [-0.39, 0.29) is 17.1 Å². The molecule has 0 aliphatic carbocycles. The molecule has 0 fully saturated rings. The first kappa shape index (κ1) is 18.3. The zero-order chi connectivity index (χ0) is 18.2. The van der Waals surface area contributed by atoms with Crippen molar-refractivity contribution in [3.63, 3.8) is 0 Å². The highest BCUT2D eigenvalue weighted by Gasteiger charge is 2.27. The lowest BCUT2D eigenvalue weighted by Crippen LogP contribution is -2.18. The van der Waals surface area contributed by atoms with Crippen LogP contribution in [0.4, 0.5) is 11.5 Å². The van der Waals surface area contributed by atoms with Crippen molar-refractivity contribution in [2.45, 2.75) is 33.1 Å². The number of halogens is 1. The van der Waals surface area contributed by atoms with Gasteiger partial charge >= 0.3 is 0 Å². The molecule has 1 amide bonds. The van der Waals surface area contributed by atoms with Crippen LogP contribution in [0, 0.1) is 0 Å². The number of amides is 1. The van der Waals surface area contributed by atoms with Gasteiger partial charge in [0.15, 0.2) is 11.5 Å². The van der Waals surface area contributed by atoms with Crippen LogP contribution in [0.1, 0.15) is 33.5 Å². The lowest BCUT2D eigenvalue weighted by atomic mass is 9.95. The van der Waals surface area contributed by atoms with Gasteiger partial charge in [-0.05, 0) is 15.9 Å². The Morgan fingerprint density at radius 1 is 1.17 bits per heavy atom. The Balaban J connectivity index is 3.00. The molecule has 2 aromatic rings. The summed E-state index contributed by atoms with van der Waals surface area (Å²) in [6.07, 6.45) is 0. The average molecular weight is 397 g/mol. The Bertz CT molecular complexity index is 816. The molecule has 1 aromatic carbocycles. The minimum atomic E-state index is -0.289. The first-order valence-corrected chi connectivity index (χ1v) is 8.09. The van der Waals surface area contributed by atoms with Crippen molar-refractivity contribution < 1.29 is 14.3 Å². The maximum Gasteiger partial charge on any atom is 0.221 e. The van der Waals surface area contributed by atoms with E-state index >= 15 is 0 Å². The molecule has 0 atom stereocenters. The number of fused-ring (bicyclic) bond motifs is 1. The monoisotopic (exact) mass is 396 g/mol. The number of nitrogen functional groups attached to an aromatic ring is 1. The van der Waals surface area contributed by atoms with Crippen molar-refractivity contribution in [3.05, 3.63) is 10.3 Å². The van der Waals surface area contributed by atoms with E-state index in [1.54, 1.807) is 0 Å². The Kier molecular flexibility index (Phi) is 4.89. The molecule has 0 saturated carbocycles. The second kappa shape index (κ2) is 6.43. The van der Waals surface area contributed by atoms with Crippen molar-refractivity contribution in [1.82, 2.24) is 9.97 Å². The van der Waals surface area contributed by atoms with Gasteiger partial charge in [-0.1, -0.05) is 20.8 Å². The number of methoxy groups -OCH3 is 2. The molecule has 0 unspecified atom stereocenters. The van der Waals surface area contributed by atoms with Crippen molar-refractivity contribution in [1.29, 1.82) is 0 Å². The normalized spacial score (nSPS) is 11.5. The SMILES string of the molecule is COc1c(OC)c(NC(C)=O)c2c(N)nc(C(C)(C)C)nc2c1Br. The molecular formula is C16H21BrN4O3. The second-order valence-corrected chi connectivity index (χ2v) is 7.14. The molecule has 24 heavy (non-hydrogen) atoms. The zero-order valence-electron chi connectivity index (χ0n) is 14.6. The molecule has 0 aliphatic heterocycles. The van der Waals surface area contributed by atoms with Crippen LogP contribution in [-0.2, 0) is 10.2 Å². The van der Waals surface area contributed by atoms with Crippen LogP contribution in [0.15, 0.2) is 4.47 Å². The summed E-state index contributed by atoms with van der Waals surface area (Å²) in [6, 6.07) is 0. The number of nitrogens with one attached hydrogen (secondary N) is 1. The van der Waals surface area contributed by atoms with Gasteiger partial charge in [0.2, 0.25) is 5.91 Å². The molecule has 1 heterocycles. The third kappa shape index (κ3) is 3.10. The minimum absolute atomic E-state index is 0.260. The molecule has 130 valence electrons. The summed E-state index contributed by atoms with van der Waals surface area (Å²) in [7, 11) is 3.00. The van der Waals surface area contributed by atoms with Crippen molar-refractivity contribution in [2.24, 2.45) is 0 Å². The Labute approximate surface area is 149 Å². The molecule has 0 spiro atoms. The number of benzene rings is 1. The van der Waals surface area contributed by atoms with Crippen LogP contribution in [0.2, 0.25) is 0 Å². The standard InChI is InChI=1S/C16H21BrN4O3/c1-7(22)19-11-8-10(9(17)12(23-5)13(11)24-6)20-15(16(2,3)4)21-14(8)18/h1-6H3,(H,19,22)(H2,18,20,21). The van der Waals surface area contributed by atoms with Crippen LogP contribution >= 0.6 is 15.9 Å². The summed E-state index contributed by atoms with van der Waals surface area (Å²) in [5.74, 6) is 1.36. The van der Waals surface area contributed by atoms with E-state index in [9.17, 15) is 4.79 Å². The number of nitrogens with zero attached hydrogens (tertiary/aromatic N) is 2. The smallest absolute Gasteiger partial charge is 0.221 e. The Hall–Kier alpha value is -2.09. The van der Waals surface area contributed by atoms with E-state index in [4.69, 9.17) is 15.2 Å². The van der Waals surface area contributed by atoms with Gasteiger partial charge in [-0.25, -0.2) is 9.97 Å². The number of ether oxygens (including phenoxy) is 2. The Morgan fingerprint density at radius 3 is 2.21 bits per heavy atom. The van der Waals surface area contributed by atoms with Gasteiger partial charge in [-0.3, -0.25) is 4.79 Å². The van der Waals surface area contributed by atoms with E-state index < -0.39 is 0 Å². The summed E-state index contributed by atoms with van der Waals surface area (Å²) in [5.41, 5.74) is 6.84. The van der Waals surface area contributed by atoms with Gasteiger partial charge < -0.3 is 20.5 Å². The molecule has 8 heteroatoms. The number of hydrogen-bond acceptors (Lipinski definition) is 6. The summed E-state index contributed by atoms with van der Waals surface area (Å²) < 4.78 is 11.5. The molecule has 0 saturated heterocycles. The summed E-state index contributed by atoms with van der Waals surface area (Å²) in [4.78, 5) is 20.7. The van der Waals surface area contributed by atoms with E-state index in [1.807, 2.05) is 20.8 Å². The van der Waals surface area contributed by atoms with E-state index in [1.165, 1.54) is 21.1 Å². The van der Waals surface area contributed by atoms with Crippen LogP contribution in [0.5, 0.6) is 11.5 Å². The van der Waals surface area contributed by atoms with Crippen LogP contribution < -0.4 is 20.5 Å². The number of nitrogens with two attached hydrogens (primary N) is 1. The van der Waals surface area contributed by atoms with E-state index in [2.05, 4.69) is 31.2 Å². The van der Waals surface area contributed by atoms with Crippen LogP contribution in [0.25, 0.3) is 10.9 Å². The number of carbonyl (C=O) groups excluding carboxylic acids is 1. The predicted octanol–water partition coefficient (Wildman–Crippen LogP) is 3.25. The first-order valence-electron chi connectivity index (χ1n) is 7.30. The molecule has 0 bridgehead atoms. The summed E-state index contributed by atoms with van der Waals surface area (Å²) >= 11 is 3.51. The van der Waals surface area contributed by atoms with Gasteiger partial charge in [0.1, 0.15) is 17.3 Å². The second-order valence-electron chi connectivity index (χ2n) is 6.34. The highest BCUT2D eigenvalue weighted by Crippen LogP contribution is 2.48. The molecule has 0 aliphatic rings. The Morgan fingerprint density at radius 2 is 1.75 bits per heavy atom. The van der Waals surface area contributed by atoms with Gasteiger partial charge in [0, 0.05) is 12.3 Å². The van der Waals surface area contributed by atoms with Gasteiger partial charge in [-0.15, -0.1) is 0 Å². The average Bonchev–Trinajstić information content (AvgIpc) is 2.47.